The fourth-order valence-corrected chi connectivity index (χ4v) is 4.26. The average molecular weight is 523 g/mol. The van der Waals surface area contributed by atoms with E-state index in [9.17, 15) is 14.0 Å². The second-order valence-electron chi connectivity index (χ2n) is 8.61. The Labute approximate surface area is 220 Å². The lowest BCUT2D eigenvalue weighted by molar-refractivity contribution is -0.131. The number of aromatic nitrogens is 2. The molecule has 0 atom stereocenters. The maximum atomic E-state index is 13.2. The van der Waals surface area contributed by atoms with Crippen LogP contribution in [0.3, 0.4) is 0 Å². The molecule has 0 unspecified atom stereocenters. The van der Waals surface area contributed by atoms with Crippen molar-refractivity contribution in [2.24, 2.45) is 0 Å². The third-order valence-electron chi connectivity index (χ3n) is 6.00. The monoisotopic (exact) mass is 522 g/mol. The predicted octanol–water partition coefficient (Wildman–Crippen LogP) is 4.69. The first-order chi connectivity index (χ1) is 17.9. The molecule has 4 rings (SSSR count). The summed E-state index contributed by atoms with van der Waals surface area (Å²) in [6.45, 7) is 6.26. The summed E-state index contributed by atoms with van der Waals surface area (Å²) in [7, 11) is 0. The summed E-state index contributed by atoms with van der Waals surface area (Å²) in [6, 6.07) is 16.3. The molecule has 1 aromatic heterocycles. The maximum absolute atomic E-state index is 13.2. The quantitative estimate of drug-likeness (QED) is 0.455. The number of nitrogens with zero attached hydrogens (tertiary/aromatic N) is 5. The minimum Gasteiger partial charge on any atom is -0.353 e. The van der Waals surface area contributed by atoms with E-state index in [2.05, 4.69) is 27.0 Å². The Hall–Kier alpha value is -3.98. The third-order valence-corrected chi connectivity index (χ3v) is 6.24. The Morgan fingerprint density at radius 1 is 1.05 bits per heavy atom. The zero-order valence-corrected chi connectivity index (χ0v) is 21.1. The lowest BCUT2D eigenvalue weighted by atomic mass is 10.1. The van der Waals surface area contributed by atoms with E-state index in [-0.39, 0.29) is 24.8 Å². The number of rotatable bonds is 7. The number of urea groups is 1. The SMILES string of the molecule is C=CCN(CC(=O)N1CCCN(c2ccc(-c3ccc(F)cc3)nn2)CC1)C(=O)Nc1cccc(Cl)c1. The summed E-state index contributed by atoms with van der Waals surface area (Å²) in [5.41, 5.74) is 2.00. The van der Waals surface area contributed by atoms with Crippen molar-refractivity contribution in [1.29, 1.82) is 0 Å². The van der Waals surface area contributed by atoms with Crippen LogP contribution in [-0.2, 0) is 4.79 Å². The predicted molar refractivity (Wildman–Crippen MR) is 143 cm³/mol. The topological polar surface area (TPSA) is 81.7 Å². The highest BCUT2D eigenvalue weighted by Gasteiger charge is 2.24. The summed E-state index contributed by atoms with van der Waals surface area (Å²) in [4.78, 5) is 31.2. The molecule has 2 aromatic carbocycles. The van der Waals surface area contributed by atoms with E-state index < -0.39 is 6.03 Å². The molecule has 8 nitrogen and oxygen atoms in total. The van der Waals surface area contributed by atoms with Crippen LogP contribution in [0.25, 0.3) is 11.3 Å². The zero-order valence-electron chi connectivity index (χ0n) is 20.3. The number of benzene rings is 2. The summed E-state index contributed by atoms with van der Waals surface area (Å²) in [5.74, 6) is 0.281. The van der Waals surface area contributed by atoms with Gasteiger partial charge in [-0.15, -0.1) is 16.8 Å². The maximum Gasteiger partial charge on any atom is 0.322 e. The van der Waals surface area contributed by atoms with Gasteiger partial charge < -0.3 is 20.0 Å². The van der Waals surface area contributed by atoms with Gasteiger partial charge in [-0.2, -0.15) is 0 Å². The van der Waals surface area contributed by atoms with Crippen molar-refractivity contribution in [3.63, 3.8) is 0 Å². The van der Waals surface area contributed by atoms with E-state index in [1.54, 1.807) is 47.4 Å². The molecule has 1 aliphatic rings. The highest BCUT2D eigenvalue weighted by Crippen LogP contribution is 2.20. The molecule has 10 heteroatoms. The molecule has 3 amide bonds. The number of amides is 3. The Morgan fingerprint density at radius 3 is 2.57 bits per heavy atom. The molecule has 192 valence electrons. The molecule has 0 radical (unpaired) electrons. The number of nitrogens with one attached hydrogen (secondary N) is 1. The smallest absolute Gasteiger partial charge is 0.322 e. The minimum absolute atomic E-state index is 0.0649. The van der Waals surface area contributed by atoms with Crippen molar-refractivity contribution in [3.8, 4) is 11.3 Å². The van der Waals surface area contributed by atoms with Crippen LogP contribution >= 0.6 is 11.6 Å². The van der Waals surface area contributed by atoms with Gasteiger partial charge in [0.25, 0.3) is 0 Å². The number of hydrogen-bond donors (Lipinski definition) is 1. The van der Waals surface area contributed by atoms with E-state index in [0.29, 0.717) is 41.9 Å². The highest BCUT2D eigenvalue weighted by atomic mass is 35.5. The Morgan fingerprint density at radius 2 is 1.86 bits per heavy atom. The second-order valence-corrected chi connectivity index (χ2v) is 9.05. The molecule has 1 fully saturated rings. The Balaban J connectivity index is 1.34. The molecule has 37 heavy (non-hydrogen) atoms. The lowest BCUT2D eigenvalue weighted by Crippen LogP contribution is -2.45. The lowest BCUT2D eigenvalue weighted by Gasteiger charge is -2.26. The Bertz CT molecular complexity index is 1240. The van der Waals surface area contributed by atoms with Crippen LogP contribution < -0.4 is 10.2 Å². The molecular formula is C27H28ClFN6O2. The fraction of sp³-hybridized carbons (Fsp3) is 0.259. The summed E-state index contributed by atoms with van der Waals surface area (Å²) in [5, 5.41) is 11.9. The number of anilines is 2. The third kappa shape index (κ3) is 7.04. The summed E-state index contributed by atoms with van der Waals surface area (Å²) < 4.78 is 13.2. The first-order valence-corrected chi connectivity index (χ1v) is 12.4. The number of carbonyl (C=O) groups excluding carboxylic acids is 2. The standard InChI is InChI=1S/C27H28ClFN6O2/c1-2-13-35(27(37)30-23-6-3-5-21(28)18-23)19-26(36)34-15-4-14-33(16-17-34)25-12-11-24(31-32-25)20-7-9-22(29)10-8-20/h2-3,5-12,18H,1,4,13-17,19H2,(H,30,37). The van der Waals surface area contributed by atoms with Crippen molar-refractivity contribution in [1.82, 2.24) is 20.0 Å². The van der Waals surface area contributed by atoms with Crippen LogP contribution in [0.4, 0.5) is 20.7 Å². The first kappa shape index (κ1) is 26.1. The van der Waals surface area contributed by atoms with Gasteiger partial charge in [0.1, 0.15) is 12.4 Å². The van der Waals surface area contributed by atoms with Gasteiger partial charge in [0.15, 0.2) is 5.82 Å². The number of hydrogen-bond acceptors (Lipinski definition) is 5. The second kappa shape index (κ2) is 12.3. The van der Waals surface area contributed by atoms with Gasteiger partial charge in [-0.3, -0.25) is 4.79 Å². The summed E-state index contributed by atoms with van der Waals surface area (Å²) in [6.07, 6.45) is 2.34. The molecule has 3 aromatic rings. The van der Waals surface area contributed by atoms with Gasteiger partial charge >= 0.3 is 6.03 Å². The van der Waals surface area contributed by atoms with Crippen molar-refractivity contribution in [2.75, 3.05) is 49.5 Å². The highest BCUT2D eigenvalue weighted by molar-refractivity contribution is 6.30. The van der Waals surface area contributed by atoms with Crippen LogP contribution in [-0.4, -0.2) is 71.2 Å². The molecule has 1 aliphatic heterocycles. The average Bonchev–Trinajstić information content (AvgIpc) is 3.16. The molecule has 0 aliphatic carbocycles. The number of halogens is 2. The molecular weight excluding hydrogens is 495 g/mol. The first-order valence-electron chi connectivity index (χ1n) is 12.0. The van der Waals surface area contributed by atoms with Gasteiger partial charge in [-0.1, -0.05) is 23.7 Å². The number of carbonyl (C=O) groups is 2. The van der Waals surface area contributed by atoms with E-state index >= 15 is 0 Å². The minimum atomic E-state index is -0.400. The van der Waals surface area contributed by atoms with Crippen molar-refractivity contribution >= 4 is 35.0 Å². The zero-order chi connectivity index (χ0) is 26.2. The molecule has 0 bridgehead atoms. The van der Waals surface area contributed by atoms with Crippen LogP contribution in [0.2, 0.25) is 5.02 Å². The largest absolute Gasteiger partial charge is 0.353 e. The van der Waals surface area contributed by atoms with E-state index in [1.165, 1.54) is 17.0 Å². The van der Waals surface area contributed by atoms with E-state index in [1.807, 2.05) is 12.1 Å². The fourth-order valence-electron chi connectivity index (χ4n) is 4.07. The van der Waals surface area contributed by atoms with Crippen molar-refractivity contribution in [3.05, 3.63) is 84.2 Å². The summed E-state index contributed by atoms with van der Waals surface area (Å²) >= 11 is 6.00. The molecule has 0 spiro atoms. The normalized spacial score (nSPS) is 13.6. The molecule has 1 saturated heterocycles. The van der Waals surface area contributed by atoms with Gasteiger partial charge in [-0.05, 0) is 61.0 Å². The van der Waals surface area contributed by atoms with Crippen LogP contribution in [0, 0.1) is 5.82 Å². The molecule has 1 N–H and O–H groups in total. The van der Waals surface area contributed by atoms with Gasteiger partial charge in [0.2, 0.25) is 5.91 Å². The Kier molecular flexibility index (Phi) is 8.68. The van der Waals surface area contributed by atoms with Crippen LogP contribution in [0.1, 0.15) is 6.42 Å². The van der Waals surface area contributed by atoms with Gasteiger partial charge in [-0.25, -0.2) is 9.18 Å². The van der Waals surface area contributed by atoms with Crippen molar-refractivity contribution in [2.45, 2.75) is 6.42 Å². The van der Waals surface area contributed by atoms with Crippen LogP contribution in [0.15, 0.2) is 73.3 Å². The van der Waals surface area contributed by atoms with Gasteiger partial charge in [0, 0.05) is 49.0 Å². The molecule has 0 saturated carbocycles. The van der Waals surface area contributed by atoms with Gasteiger partial charge in [0.05, 0.1) is 5.69 Å². The van der Waals surface area contributed by atoms with E-state index in [0.717, 1.165) is 18.5 Å². The van der Waals surface area contributed by atoms with E-state index in [4.69, 9.17) is 11.6 Å². The van der Waals surface area contributed by atoms with Crippen molar-refractivity contribution < 1.29 is 14.0 Å². The molecule has 2 heterocycles. The van der Waals surface area contributed by atoms with Crippen LogP contribution in [0.5, 0.6) is 0 Å².